The van der Waals surface area contributed by atoms with E-state index in [1.807, 2.05) is 6.07 Å². The first-order chi connectivity index (χ1) is 9.78. The van der Waals surface area contributed by atoms with Crippen molar-refractivity contribution in [1.82, 2.24) is 4.90 Å². The van der Waals surface area contributed by atoms with Gasteiger partial charge in [0.05, 0.1) is 11.7 Å². The Balaban J connectivity index is 2.28. The first-order valence-electron chi connectivity index (χ1n) is 6.36. The predicted octanol–water partition coefficient (Wildman–Crippen LogP) is 2.43. The molecular weight excluding hydrogens is 344 g/mol. The van der Waals surface area contributed by atoms with Crippen LogP contribution in [0.25, 0.3) is 0 Å². The van der Waals surface area contributed by atoms with Crippen LogP contribution in [0.15, 0.2) is 33.7 Å². The Kier molecular flexibility index (Phi) is 4.46. The number of piperidine rings is 1. The van der Waals surface area contributed by atoms with Crippen LogP contribution < -0.4 is 11.5 Å². The van der Waals surface area contributed by atoms with Crippen LogP contribution in [0.2, 0.25) is 0 Å². The number of nitrogens with two attached hydrogens (primary N) is 2. The maximum atomic E-state index is 13.6. The van der Waals surface area contributed by atoms with Gasteiger partial charge >= 0.3 is 0 Å². The number of halogens is 3. The Morgan fingerprint density at radius 3 is 2.76 bits per heavy atom. The maximum absolute atomic E-state index is 13.6. The van der Waals surface area contributed by atoms with Gasteiger partial charge in [-0.3, -0.25) is 5.41 Å². The summed E-state index contributed by atoms with van der Waals surface area (Å²) in [7, 11) is 0. The summed E-state index contributed by atoms with van der Waals surface area (Å²) in [5.41, 5.74) is 11.9. The van der Waals surface area contributed by atoms with Crippen LogP contribution >= 0.6 is 15.9 Å². The minimum Gasteiger partial charge on any atom is -0.385 e. The van der Waals surface area contributed by atoms with Crippen molar-refractivity contribution in [3.8, 4) is 0 Å². The molecular formula is C13H16BrF2N5. The van der Waals surface area contributed by atoms with Crippen LogP contribution in [-0.2, 0) is 0 Å². The summed E-state index contributed by atoms with van der Waals surface area (Å²) in [5.74, 6) is -3.07. The number of hydrogen-bond donors (Lipinski definition) is 3. The number of rotatable bonds is 2. The number of alkyl halides is 2. The van der Waals surface area contributed by atoms with E-state index in [-0.39, 0.29) is 24.8 Å². The fourth-order valence-corrected chi connectivity index (χ4v) is 2.64. The molecule has 0 bridgehead atoms. The zero-order chi connectivity index (χ0) is 15.6. The zero-order valence-corrected chi connectivity index (χ0v) is 12.8. The molecule has 5 nitrogen and oxygen atoms in total. The molecule has 1 fully saturated rings. The van der Waals surface area contributed by atoms with Gasteiger partial charge in [0.25, 0.3) is 5.92 Å². The lowest BCUT2D eigenvalue weighted by atomic mass is 9.98. The van der Waals surface area contributed by atoms with Crippen LogP contribution in [0.1, 0.15) is 12.8 Å². The van der Waals surface area contributed by atoms with Gasteiger partial charge in [-0.2, -0.15) is 0 Å². The highest BCUT2D eigenvalue weighted by Crippen LogP contribution is 2.32. The zero-order valence-electron chi connectivity index (χ0n) is 11.2. The molecule has 1 aliphatic heterocycles. The Labute approximate surface area is 129 Å². The van der Waals surface area contributed by atoms with Gasteiger partial charge in [-0.05, 0) is 18.2 Å². The van der Waals surface area contributed by atoms with Crippen LogP contribution in [0.4, 0.5) is 14.5 Å². The van der Waals surface area contributed by atoms with Crippen LogP contribution in [0.3, 0.4) is 0 Å². The Hall–Kier alpha value is -1.70. The number of hydrogen-bond acceptors (Lipinski definition) is 2. The van der Waals surface area contributed by atoms with E-state index in [1.54, 1.807) is 18.2 Å². The third-order valence-electron chi connectivity index (χ3n) is 3.30. The first-order valence-corrected chi connectivity index (χ1v) is 7.16. The number of amidine groups is 1. The molecule has 5 N–H and O–H groups in total. The molecule has 0 saturated carbocycles. The van der Waals surface area contributed by atoms with E-state index in [4.69, 9.17) is 16.9 Å². The topological polar surface area (TPSA) is 91.5 Å². The highest BCUT2D eigenvalue weighted by Gasteiger charge is 2.42. The summed E-state index contributed by atoms with van der Waals surface area (Å²) in [5, 5.41) is 7.50. The fraction of sp³-hybridized carbons (Fsp3) is 0.385. The predicted molar refractivity (Wildman–Crippen MR) is 82.0 cm³/mol. The van der Waals surface area contributed by atoms with Crippen LogP contribution in [0.5, 0.6) is 0 Å². The molecule has 1 aromatic carbocycles. The molecule has 8 heteroatoms. The molecule has 114 valence electrons. The maximum Gasteiger partial charge on any atom is 0.252 e. The molecule has 1 aliphatic rings. The summed E-state index contributed by atoms with van der Waals surface area (Å²) in [6.45, 7) is -0.0122. The minimum absolute atomic E-state index is 0.0122. The third-order valence-corrected chi connectivity index (χ3v) is 3.80. The molecule has 21 heavy (non-hydrogen) atoms. The van der Waals surface area contributed by atoms with Crippen molar-refractivity contribution in [3.05, 3.63) is 28.7 Å². The molecule has 0 spiro atoms. The summed E-state index contributed by atoms with van der Waals surface area (Å²) >= 11 is 3.31. The lowest BCUT2D eigenvalue weighted by Gasteiger charge is -2.39. The van der Waals surface area contributed by atoms with E-state index in [2.05, 4.69) is 20.9 Å². The number of nitrogens with one attached hydrogen (secondary N) is 1. The average molecular weight is 360 g/mol. The molecule has 0 aromatic heterocycles. The molecule has 2 rings (SSSR count). The van der Waals surface area contributed by atoms with Gasteiger partial charge in [-0.15, -0.1) is 0 Å². The number of guanidine groups is 1. The van der Waals surface area contributed by atoms with E-state index in [0.29, 0.717) is 5.69 Å². The van der Waals surface area contributed by atoms with Gasteiger partial charge < -0.3 is 16.4 Å². The standard InChI is InChI=1S/C13H16BrF2N5/c14-8-2-1-3-9(6-8)20-11(17)10-7-13(15,16)4-5-21(10)12(18)19/h1-3,6,10H,4-5,7H2,(H2,17,20)(H3,18,19). The molecule has 0 amide bonds. The van der Waals surface area contributed by atoms with Crippen molar-refractivity contribution in [2.45, 2.75) is 24.8 Å². The summed E-state index contributed by atoms with van der Waals surface area (Å²) in [6.07, 6.45) is -0.830. The molecule has 0 radical (unpaired) electrons. The van der Waals surface area contributed by atoms with Crippen molar-refractivity contribution in [2.24, 2.45) is 16.5 Å². The van der Waals surface area contributed by atoms with Crippen molar-refractivity contribution in [2.75, 3.05) is 6.54 Å². The van der Waals surface area contributed by atoms with Crippen molar-refractivity contribution >= 4 is 33.4 Å². The van der Waals surface area contributed by atoms with Gasteiger partial charge in [0, 0.05) is 23.9 Å². The van der Waals surface area contributed by atoms with Crippen molar-refractivity contribution < 1.29 is 8.78 Å². The van der Waals surface area contributed by atoms with E-state index >= 15 is 0 Å². The number of benzene rings is 1. The quantitative estimate of drug-likeness (QED) is 0.559. The Morgan fingerprint density at radius 2 is 2.14 bits per heavy atom. The summed E-state index contributed by atoms with van der Waals surface area (Å²) < 4.78 is 28.0. The molecule has 1 heterocycles. The van der Waals surface area contributed by atoms with Crippen molar-refractivity contribution in [3.63, 3.8) is 0 Å². The van der Waals surface area contributed by atoms with Crippen LogP contribution in [0, 0.1) is 5.41 Å². The second-order valence-corrected chi connectivity index (χ2v) is 5.84. The SMILES string of the molecule is N=C(N)N1CCC(F)(F)CC1C(N)=Nc1cccc(Br)c1. The first kappa shape index (κ1) is 15.7. The Morgan fingerprint density at radius 1 is 1.43 bits per heavy atom. The lowest BCUT2D eigenvalue weighted by Crippen LogP contribution is -2.56. The Bertz CT molecular complexity index is 575. The fourth-order valence-electron chi connectivity index (χ4n) is 2.26. The normalized spacial score (nSPS) is 22.1. The van der Waals surface area contributed by atoms with Gasteiger partial charge in [-0.25, -0.2) is 13.8 Å². The molecule has 0 aliphatic carbocycles. The number of aliphatic imine (C=N–C) groups is 1. The average Bonchev–Trinajstić information content (AvgIpc) is 2.37. The van der Waals surface area contributed by atoms with E-state index in [0.717, 1.165) is 4.47 Å². The smallest absolute Gasteiger partial charge is 0.252 e. The van der Waals surface area contributed by atoms with Crippen LogP contribution in [-0.4, -0.2) is 35.2 Å². The van der Waals surface area contributed by atoms with E-state index in [1.165, 1.54) is 4.90 Å². The van der Waals surface area contributed by atoms with Gasteiger partial charge in [0.15, 0.2) is 5.96 Å². The van der Waals surface area contributed by atoms with Crippen molar-refractivity contribution in [1.29, 1.82) is 5.41 Å². The second kappa shape index (κ2) is 5.97. The van der Waals surface area contributed by atoms with Gasteiger partial charge in [0.2, 0.25) is 0 Å². The van der Waals surface area contributed by atoms with Gasteiger partial charge in [0.1, 0.15) is 5.84 Å². The monoisotopic (exact) mass is 359 g/mol. The molecule has 1 atom stereocenters. The highest BCUT2D eigenvalue weighted by molar-refractivity contribution is 9.10. The molecule has 1 aromatic rings. The summed E-state index contributed by atoms with van der Waals surface area (Å²) in [6, 6.07) is 6.17. The number of nitrogens with zero attached hydrogens (tertiary/aromatic N) is 2. The minimum atomic E-state index is -2.83. The second-order valence-electron chi connectivity index (χ2n) is 4.92. The van der Waals surface area contributed by atoms with E-state index in [9.17, 15) is 8.78 Å². The lowest BCUT2D eigenvalue weighted by molar-refractivity contribution is -0.0526. The van der Waals surface area contributed by atoms with E-state index < -0.39 is 18.4 Å². The molecule has 1 unspecified atom stereocenters. The largest absolute Gasteiger partial charge is 0.385 e. The highest BCUT2D eigenvalue weighted by atomic mass is 79.9. The third kappa shape index (κ3) is 3.90. The number of likely N-dealkylation sites (tertiary alicyclic amines) is 1. The van der Waals surface area contributed by atoms with Gasteiger partial charge in [-0.1, -0.05) is 22.0 Å². The molecule has 1 saturated heterocycles. The summed E-state index contributed by atoms with van der Waals surface area (Å²) in [4.78, 5) is 5.53.